The number of rotatable bonds is 6. The summed E-state index contributed by atoms with van der Waals surface area (Å²) in [7, 11) is -9.13. The predicted octanol–water partition coefficient (Wildman–Crippen LogP) is 2.57. The van der Waals surface area contributed by atoms with Crippen molar-refractivity contribution < 1.29 is 46.2 Å². The monoisotopic (exact) mass is 736 g/mol. The summed E-state index contributed by atoms with van der Waals surface area (Å²) in [6.07, 6.45) is 0.788. The van der Waals surface area contributed by atoms with Gasteiger partial charge in [0.15, 0.2) is 23.0 Å². The Morgan fingerprint density at radius 3 is 2.84 bits per heavy atom. The normalized spacial score (nSPS) is 28.1. The molecule has 6 heterocycles. The van der Waals surface area contributed by atoms with Crippen LogP contribution in [0.15, 0.2) is 23.6 Å². The minimum Gasteiger partial charge on any atom is -0.349 e. The van der Waals surface area contributed by atoms with Crippen LogP contribution in [0.4, 0.5) is 5.95 Å². The van der Waals surface area contributed by atoms with Gasteiger partial charge in [0.05, 0.1) is 31.8 Å². The van der Waals surface area contributed by atoms with E-state index >= 15 is 0 Å². The highest BCUT2D eigenvalue weighted by Crippen LogP contribution is 2.53. The van der Waals surface area contributed by atoms with Crippen LogP contribution in [0.3, 0.4) is 0 Å². The number of imidazole rings is 2. The van der Waals surface area contributed by atoms with Gasteiger partial charge in [0, 0.05) is 18.4 Å². The van der Waals surface area contributed by atoms with E-state index < -0.39 is 70.6 Å². The molecule has 6 rings (SSSR count). The molecule has 50 heavy (non-hydrogen) atoms. The quantitative estimate of drug-likeness (QED) is 0.146. The Morgan fingerprint density at radius 2 is 2.06 bits per heavy atom. The van der Waals surface area contributed by atoms with E-state index in [9.17, 15) is 23.6 Å². The Hall–Kier alpha value is -3.96. The molecule has 4 aromatic rings. The second kappa shape index (κ2) is 14.7. The summed E-state index contributed by atoms with van der Waals surface area (Å²) in [4.78, 5) is 63.1. The molecular weight excluding hydrogens is 702 g/mol. The number of nitrogens with zero attached hydrogens (tertiary/aromatic N) is 8. The molecule has 0 radical (unpaired) electrons. The lowest BCUT2D eigenvalue weighted by molar-refractivity contribution is -0.118. The van der Waals surface area contributed by atoms with Gasteiger partial charge < -0.3 is 19.0 Å². The van der Waals surface area contributed by atoms with Crippen LogP contribution < -0.4 is 10.9 Å². The third-order valence-electron chi connectivity index (χ3n) is 7.90. The summed E-state index contributed by atoms with van der Waals surface area (Å²) in [5.74, 6) is -1.51. The van der Waals surface area contributed by atoms with Crippen molar-refractivity contribution in [1.29, 1.82) is 0 Å². The Morgan fingerprint density at radius 1 is 1.24 bits per heavy atom. The van der Waals surface area contributed by atoms with E-state index in [4.69, 9.17) is 33.9 Å². The summed E-state index contributed by atoms with van der Waals surface area (Å²) in [5, 5.41) is 2.53. The molecule has 0 aliphatic carbocycles. The fourth-order valence-electron chi connectivity index (χ4n) is 5.31. The van der Waals surface area contributed by atoms with Crippen molar-refractivity contribution in [2.24, 2.45) is 11.8 Å². The number of aromatic amines is 1. The molecule has 21 nitrogen and oxygen atoms in total. The zero-order valence-electron chi connectivity index (χ0n) is 27.1. The number of fused-ring (bicyclic) bond motifs is 6. The minimum atomic E-state index is -4.88. The SMILES string of the molecule is [C-]#[N+]CCOP1(=O)OCCCn2c(nc3cncnc32)COP(=O)(O)O[C@@H]2[C@H](C)[C@@H](CO1)O[C@H]2n1cnc2c(=O)[nH]c(NC(=O)C(C)C)nc21. The summed E-state index contributed by atoms with van der Waals surface area (Å²) >= 11 is 0. The van der Waals surface area contributed by atoms with Gasteiger partial charge in [-0.05, 0) is 6.42 Å². The molecule has 0 aromatic carbocycles. The summed E-state index contributed by atoms with van der Waals surface area (Å²) in [5.41, 5.74) is -0.00193. The van der Waals surface area contributed by atoms with Gasteiger partial charge in [0.2, 0.25) is 18.4 Å². The molecule has 2 bridgehead atoms. The molecule has 2 unspecified atom stereocenters. The van der Waals surface area contributed by atoms with E-state index in [-0.39, 0.29) is 55.7 Å². The van der Waals surface area contributed by atoms with Gasteiger partial charge in [-0.3, -0.25) is 47.1 Å². The molecule has 0 saturated carbocycles. The van der Waals surface area contributed by atoms with Crippen LogP contribution >= 0.6 is 15.6 Å². The number of phosphoric ester groups is 2. The molecule has 1 amide bonds. The summed E-state index contributed by atoms with van der Waals surface area (Å²) in [6.45, 7) is 10.9. The van der Waals surface area contributed by atoms with E-state index in [1.54, 1.807) is 25.3 Å². The Labute approximate surface area is 283 Å². The highest BCUT2D eigenvalue weighted by molar-refractivity contribution is 7.48. The summed E-state index contributed by atoms with van der Waals surface area (Å²) < 4.78 is 64.4. The van der Waals surface area contributed by atoms with E-state index in [0.717, 1.165) is 0 Å². The molecule has 0 spiro atoms. The van der Waals surface area contributed by atoms with Crippen molar-refractivity contribution in [2.45, 2.75) is 58.8 Å². The average Bonchev–Trinajstić information content (AvgIpc) is 3.74. The van der Waals surface area contributed by atoms with Crippen LogP contribution in [0.5, 0.6) is 0 Å². The average molecular weight is 737 g/mol. The Bertz CT molecular complexity index is 2080. The zero-order valence-corrected chi connectivity index (χ0v) is 28.9. The number of phosphoric acid groups is 2. The first-order valence-electron chi connectivity index (χ1n) is 15.5. The second-order valence-electron chi connectivity index (χ2n) is 11.7. The summed E-state index contributed by atoms with van der Waals surface area (Å²) in [6, 6.07) is 0. The number of H-pyrrole nitrogens is 1. The highest BCUT2D eigenvalue weighted by atomic mass is 31.2. The van der Waals surface area contributed by atoms with Gasteiger partial charge in [-0.25, -0.2) is 35.6 Å². The van der Waals surface area contributed by atoms with Gasteiger partial charge >= 0.3 is 15.6 Å². The Balaban J connectivity index is 1.37. The van der Waals surface area contributed by atoms with Crippen LogP contribution in [0.25, 0.3) is 27.2 Å². The molecule has 2 aliphatic heterocycles. The van der Waals surface area contributed by atoms with Gasteiger partial charge in [0.1, 0.15) is 37.0 Å². The molecule has 3 N–H and O–H groups in total. The standard InChI is InChI=1S/C27H34N10O11P2/c1-15(2)24(38)34-27-33-23-20(25(39)35-27)31-14-37(23)26-21-16(3)18(47-26)11-46-50(42,44-9-6-28-4)43-8-5-7-36-19(12-45-49(40,41)48-21)32-17-10-29-13-30-22(17)36/h10,13-16,18,21,26H,5-9,11-12H2,1-3H3,(H,40,41)(H2,33,34,35,38,39)/t16-,18-,21-,26-,50?/m1/s1. The lowest BCUT2D eigenvalue weighted by atomic mass is 10.0. The largest absolute Gasteiger partial charge is 0.475 e. The maximum atomic E-state index is 13.7. The van der Waals surface area contributed by atoms with Crippen molar-refractivity contribution in [1.82, 2.24) is 39.0 Å². The van der Waals surface area contributed by atoms with Crippen molar-refractivity contribution >= 4 is 49.8 Å². The van der Waals surface area contributed by atoms with E-state index in [1.165, 1.54) is 23.4 Å². The van der Waals surface area contributed by atoms with Crippen molar-refractivity contribution in [3.63, 3.8) is 0 Å². The number of nitrogens with one attached hydrogen (secondary N) is 2. The molecule has 6 atom stereocenters. The second-order valence-corrected chi connectivity index (χ2v) is 14.7. The van der Waals surface area contributed by atoms with Crippen LogP contribution in [-0.4, -0.2) is 88.4 Å². The predicted molar refractivity (Wildman–Crippen MR) is 171 cm³/mol. The number of carbonyl (C=O) groups excluding carboxylic acids is 1. The van der Waals surface area contributed by atoms with Gasteiger partial charge in [-0.2, -0.15) is 4.98 Å². The smallest absolute Gasteiger partial charge is 0.349 e. The molecule has 2 aliphatic rings. The van der Waals surface area contributed by atoms with Crippen LogP contribution in [-0.2, 0) is 54.4 Å². The van der Waals surface area contributed by atoms with E-state index in [2.05, 4.69) is 40.1 Å². The fraction of sp³-hybridized carbons (Fsp3) is 0.556. The number of ether oxygens (including phenoxy) is 1. The van der Waals surface area contributed by atoms with Crippen LogP contribution in [0.1, 0.15) is 39.2 Å². The maximum Gasteiger partial charge on any atom is 0.475 e. The number of aromatic nitrogens is 8. The number of hydrogen-bond acceptors (Lipinski definition) is 15. The van der Waals surface area contributed by atoms with Crippen molar-refractivity contribution in [3.05, 3.63) is 46.4 Å². The van der Waals surface area contributed by atoms with Crippen LogP contribution in [0, 0.1) is 18.4 Å². The first-order valence-corrected chi connectivity index (χ1v) is 18.4. The zero-order chi connectivity index (χ0) is 35.6. The Kier molecular flexibility index (Phi) is 10.6. The first kappa shape index (κ1) is 35.9. The van der Waals surface area contributed by atoms with Gasteiger partial charge in [0.25, 0.3) is 5.56 Å². The third-order valence-corrected chi connectivity index (χ3v) is 10.3. The molecule has 268 valence electrons. The van der Waals surface area contributed by atoms with Crippen LogP contribution in [0.2, 0.25) is 0 Å². The lowest BCUT2D eigenvalue weighted by Gasteiger charge is -2.25. The van der Waals surface area contributed by atoms with Crippen molar-refractivity contribution in [3.8, 4) is 0 Å². The highest BCUT2D eigenvalue weighted by Gasteiger charge is 2.49. The number of hydrogen-bond donors (Lipinski definition) is 3. The van der Waals surface area contributed by atoms with Gasteiger partial charge in [-0.15, -0.1) is 0 Å². The lowest BCUT2D eigenvalue weighted by Crippen LogP contribution is -2.29. The topological polar surface area (TPSA) is 250 Å². The molecular formula is C27H34N10O11P2. The number of aryl methyl sites for hydroxylation is 1. The van der Waals surface area contributed by atoms with Crippen molar-refractivity contribution in [2.75, 3.05) is 31.7 Å². The fourth-order valence-corrected chi connectivity index (χ4v) is 7.47. The number of carbonyl (C=O) groups is 1. The minimum absolute atomic E-state index is 0.0361. The molecule has 4 aromatic heterocycles. The molecule has 1 saturated heterocycles. The first-order chi connectivity index (χ1) is 23.9. The third kappa shape index (κ3) is 7.68. The van der Waals surface area contributed by atoms with Gasteiger partial charge in [-0.1, -0.05) is 20.8 Å². The van der Waals surface area contributed by atoms with E-state index in [1.807, 2.05) is 0 Å². The molecule has 1 fully saturated rings. The number of amides is 1. The maximum absolute atomic E-state index is 13.7. The number of anilines is 1. The van der Waals surface area contributed by atoms with E-state index in [0.29, 0.717) is 11.2 Å². The molecule has 23 heteroatoms.